The number of hydrogen-bond donors (Lipinski definition) is 4. The highest BCUT2D eigenvalue weighted by Gasteiger charge is 2.46. The van der Waals surface area contributed by atoms with Gasteiger partial charge in [-0.05, 0) is 25.7 Å². The van der Waals surface area contributed by atoms with Crippen LogP contribution >= 0.6 is 0 Å². The highest BCUT2D eigenvalue weighted by atomic mass is 16.7. The third kappa shape index (κ3) is 3.52. The van der Waals surface area contributed by atoms with Gasteiger partial charge in [-0.25, -0.2) is 0 Å². The molecule has 7 heteroatoms. The molecule has 0 aromatic rings. The van der Waals surface area contributed by atoms with Crippen molar-refractivity contribution >= 4 is 5.78 Å². The minimum absolute atomic E-state index is 0.112. The highest BCUT2D eigenvalue weighted by Crippen LogP contribution is 2.37. The molecule has 0 amide bonds. The number of ether oxygens (including phenoxy) is 2. The zero-order valence-corrected chi connectivity index (χ0v) is 13.8. The molecule has 0 unspecified atom stereocenters. The van der Waals surface area contributed by atoms with Crippen molar-refractivity contribution in [1.82, 2.24) is 0 Å². The predicted molar refractivity (Wildman–Crippen MR) is 82.9 cm³/mol. The summed E-state index contributed by atoms with van der Waals surface area (Å²) in [6.07, 6.45) is -0.534. The Kier molecular flexibility index (Phi) is 5.89. The summed E-state index contributed by atoms with van der Waals surface area (Å²) in [6.45, 7) is -0.486. The number of aliphatic hydroxyl groups is 4. The van der Waals surface area contributed by atoms with Gasteiger partial charge < -0.3 is 29.9 Å². The highest BCUT2D eigenvalue weighted by molar-refractivity contribution is 5.84. The lowest BCUT2D eigenvalue weighted by atomic mass is 9.89. The summed E-state index contributed by atoms with van der Waals surface area (Å²) in [6, 6.07) is 0. The Morgan fingerprint density at radius 2 is 1.67 bits per heavy atom. The molecule has 2 bridgehead atoms. The van der Waals surface area contributed by atoms with E-state index in [1.165, 1.54) is 0 Å². The van der Waals surface area contributed by atoms with E-state index >= 15 is 0 Å². The molecule has 3 aliphatic rings. The molecule has 2 saturated carbocycles. The fourth-order valence-corrected chi connectivity index (χ4v) is 4.28. The lowest BCUT2D eigenvalue weighted by Gasteiger charge is -2.41. The van der Waals surface area contributed by atoms with Crippen LogP contribution in [0.4, 0.5) is 0 Å². The van der Waals surface area contributed by atoms with Crippen molar-refractivity contribution in [2.24, 2.45) is 11.8 Å². The van der Waals surface area contributed by atoms with Crippen LogP contribution in [0.2, 0.25) is 0 Å². The molecule has 0 aromatic heterocycles. The molecule has 1 heterocycles. The Hall–Kier alpha value is -0.570. The number of carbonyl (C=O) groups excluding carboxylic acids is 1. The molecular formula is C17H28O7. The fraction of sp³-hybridized carbons (Fsp3) is 0.941. The number of carbonyl (C=O) groups is 1. The second-order valence-electron chi connectivity index (χ2n) is 7.29. The Morgan fingerprint density at radius 3 is 2.42 bits per heavy atom. The van der Waals surface area contributed by atoms with Crippen LogP contribution in [0.3, 0.4) is 0 Å². The first-order chi connectivity index (χ1) is 11.5. The third-order valence-corrected chi connectivity index (χ3v) is 5.73. The number of fused-ring (bicyclic) bond motifs is 2. The first kappa shape index (κ1) is 18.2. The Morgan fingerprint density at radius 1 is 0.958 bits per heavy atom. The van der Waals surface area contributed by atoms with Gasteiger partial charge >= 0.3 is 0 Å². The Balaban J connectivity index is 1.72. The summed E-state index contributed by atoms with van der Waals surface area (Å²) < 4.78 is 11.3. The topological polar surface area (TPSA) is 116 Å². The lowest BCUT2D eigenvalue weighted by molar-refractivity contribution is -0.314. The van der Waals surface area contributed by atoms with Crippen LogP contribution in [0.1, 0.15) is 44.9 Å². The summed E-state index contributed by atoms with van der Waals surface area (Å²) in [5.41, 5.74) is 0. The van der Waals surface area contributed by atoms with E-state index in [1.54, 1.807) is 0 Å². The van der Waals surface area contributed by atoms with Gasteiger partial charge in [-0.2, -0.15) is 0 Å². The normalized spacial score (nSPS) is 47.1. The molecule has 0 spiro atoms. The van der Waals surface area contributed by atoms with E-state index in [-0.39, 0.29) is 23.7 Å². The quantitative estimate of drug-likeness (QED) is 0.557. The second kappa shape index (κ2) is 7.76. The summed E-state index contributed by atoms with van der Waals surface area (Å²) in [5.74, 6) is 0.160. The largest absolute Gasteiger partial charge is 0.394 e. The molecule has 1 aliphatic heterocycles. The average molecular weight is 344 g/mol. The smallest absolute Gasteiger partial charge is 0.186 e. The second-order valence-corrected chi connectivity index (χ2v) is 7.29. The molecule has 1 saturated heterocycles. The molecule has 2 aliphatic carbocycles. The van der Waals surface area contributed by atoms with Crippen LogP contribution in [0.25, 0.3) is 0 Å². The number of rotatable bonds is 3. The zero-order chi connectivity index (χ0) is 17.3. The Labute approximate surface area is 141 Å². The van der Waals surface area contributed by atoms with E-state index in [2.05, 4.69) is 0 Å². The maximum Gasteiger partial charge on any atom is 0.186 e. The van der Waals surface area contributed by atoms with E-state index in [1.807, 2.05) is 0 Å². The van der Waals surface area contributed by atoms with Gasteiger partial charge in [0, 0.05) is 11.8 Å². The maximum absolute atomic E-state index is 12.7. The monoisotopic (exact) mass is 344 g/mol. The fourth-order valence-electron chi connectivity index (χ4n) is 4.28. The van der Waals surface area contributed by atoms with Crippen molar-refractivity contribution < 1.29 is 34.7 Å². The van der Waals surface area contributed by atoms with Crippen molar-refractivity contribution in [3.05, 3.63) is 0 Å². The van der Waals surface area contributed by atoms with Crippen molar-refractivity contribution in [2.75, 3.05) is 6.61 Å². The minimum atomic E-state index is -1.45. The Bertz CT molecular complexity index is 441. The van der Waals surface area contributed by atoms with Crippen LogP contribution in [0, 0.1) is 11.8 Å². The van der Waals surface area contributed by atoms with Gasteiger partial charge in [0.2, 0.25) is 0 Å². The molecular weight excluding hydrogens is 316 g/mol. The van der Waals surface area contributed by atoms with Crippen molar-refractivity contribution in [3.63, 3.8) is 0 Å². The van der Waals surface area contributed by atoms with Gasteiger partial charge in [-0.3, -0.25) is 4.79 Å². The SMILES string of the molecule is O=C1[C@H]2CCCC[C@@H]1[C@H](O[C@@H]1O[C@H](CO)[C@@H](O)[C@H](O)[C@H]1O)CCC2. The molecule has 4 N–H and O–H groups in total. The van der Waals surface area contributed by atoms with Gasteiger partial charge in [0.05, 0.1) is 12.7 Å². The van der Waals surface area contributed by atoms with Crippen molar-refractivity contribution in [1.29, 1.82) is 0 Å². The van der Waals surface area contributed by atoms with E-state index in [4.69, 9.17) is 9.47 Å². The molecule has 8 atom stereocenters. The predicted octanol–water partition coefficient (Wildman–Crippen LogP) is -0.269. The number of Topliss-reactive ketones (excluding diaryl/α,β-unsaturated/α-hetero) is 1. The first-order valence-corrected chi connectivity index (χ1v) is 9.02. The molecule has 7 nitrogen and oxygen atoms in total. The van der Waals surface area contributed by atoms with Crippen LogP contribution in [0.5, 0.6) is 0 Å². The van der Waals surface area contributed by atoms with Gasteiger partial charge in [0.15, 0.2) is 6.29 Å². The van der Waals surface area contributed by atoms with E-state index in [9.17, 15) is 25.2 Å². The number of hydrogen-bond acceptors (Lipinski definition) is 7. The molecule has 138 valence electrons. The van der Waals surface area contributed by atoms with Gasteiger partial charge in [-0.1, -0.05) is 19.3 Å². The van der Waals surface area contributed by atoms with Crippen LogP contribution in [0.15, 0.2) is 0 Å². The molecule has 0 aromatic carbocycles. The summed E-state index contributed by atoms with van der Waals surface area (Å²) in [4.78, 5) is 12.7. The van der Waals surface area contributed by atoms with E-state index in [0.717, 1.165) is 38.5 Å². The van der Waals surface area contributed by atoms with Crippen LogP contribution in [-0.2, 0) is 14.3 Å². The molecule has 3 rings (SSSR count). The third-order valence-electron chi connectivity index (χ3n) is 5.73. The molecule has 0 radical (unpaired) electrons. The number of ketones is 1. The van der Waals surface area contributed by atoms with Gasteiger partial charge in [-0.15, -0.1) is 0 Å². The van der Waals surface area contributed by atoms with Gasteiger partial charge in [0.25, 0.3) is 0 Å². The minimum Gasteiger partial charge on any atom is -0.394 e. The van der Waals surface area contributed by atoms with E-state index < -0.39 is 37.3 Å². The van der Waals surface area contributed by atoms with Crippen molar-refractivity contribution in [2.45, 2.75) is 81.8 Å². The van der Waals surface area contributed by atoms with E-state index in [0.29, 0.717) is 6.42 Å². The molecule has 3 fully saturated rings. The zero-order valence-electron chi connectivity index (χ0n) is 13.8. The number of aliphatic hydroxyl groups excluding tert-OH is 4. The standard InChI is InChI=1S/C17H28O7/c18-8-12-14(20)15(21)16(22)17(24-12)23-11-7-3-5-9-4-1-2-6-10(11)13(9)19/h9-12,14-18,20-22H,1-8H2/t9-,10+,11+,12+,14+,15-,16+,17+/m0/s1. The maximum atomic E-state index is 12.7. The van der Waals surface area contributed by atoms with Crippen LogP contribution < -0.4 is 0 Å². The summed E-state index contributed by atoms with van der Waals surface area (Å²) in [7, 11) is 0. The first-order valence-electron chi connectivity index (χ1n) is 9.02. The van der Waals surface area contributed by atoms with Crippen LogP contribution in [-0.4, -0.2) is 69.6 Å². The summed E-state index contributed by atoms with van der Waals surface area (Å²) in [5, 5.41) is 39.1. The van der Waals surface area contributed by atoms with Crippen molar-refractivity contribution in [3.8, 4) is 0 Å². The molecule has 24 heavy (non-hydrogen) atoms. The van der Waals surface area contributed by atoms with Gasteiger partial charge in [0.1, 0.15) is 30.2 Å². The summed E-state index contributed by atoms with van der Waals surface area (Å²) >= 11 is 0. The average Bonchev–Trinajstić information content (AvgIpc) is 2.85. The lowest BCUT2D eigenvalue weighted by Crippen LogP contribution is -2.60.